The van der Waals surface area contributed by atoms with Gasteiger partial charge < -0.3 is 14.7 Å². The minimum absolute atomic E-state index is 0.729. The zero-order chi connectivity index (χ0) is 42.4. The van der Waals surface area contributed by atoms with Gasteiger partial charge in [0, 0.05) is 54.6 Å². The zero-order valence-corrected chi connectivity index (χ0v) is 39.1. The highest BCUT2D eigenvalue weighted by Gasteiger charge is 2.28. The Balaban J connectivity index is 1.03. The van der Waals surface area contributed by atoms with Gasteiger partial charge >= 0.3 is 0 Å². The maximum atomic E-state index is 11.8. The van der Waals surface area contributed by atoms with Crippen molar-refractivity contribution >= 4 is 75.7 Å². The first kappa shape index (κ1) is 42.7. The molecule has 0 bridgehead atoms. The lowest BCUT2D eigenvalue weighted by atomic mass is 10.0. The van der Waals surface area contributed by atoms with Crippen molar-refractivity contribution < 1.29 is 4.79 Å². The van der Waals surface area contributed by atoms with Gasteiger partial charge in [-0.25, -0.2) is 0 Å². The van der Waals surface area contributed by atoms with Gasteiger partial charge in [-0.3, -0.25) is 4.79 Å². The van der Waals surface area contributed by atoms with Crippen LogP contribution in [0.15, 0.2) is 145 Å². The molecule has 0 aliphatic carbocycles. The van der Waals surface area contributed by atoms with Crippen molar-refractivity contribution in [2.24, 2.45) is 0 Å². The summed E-state index contributed by atoms with van der Waals surface area (Å²) < 4.78 is 0. The lowest BCUT2D eigenvalue weighted by molar-refractivity contribution is 0.112. The van der Waals surface area contributed by atoms with Crippen molar-refractivity contribution in [2.45, 2.75) is 127 Å². The first-order valence-corrected chi connectivity index (χ1v) is 25.6. The zero-order valence-electron chi connectivity index (χ0n) is 36.6. The molecule has 3 aliphatic heterocycles. The quantitative estimate of drug-likeness (QED) is 0.0627. The first-order chi connectivity index (χ1) is 30.6. The maximum Gasteiger partial charge on any atom is 0.150 e. The molecule has 62 heavy (non-hydrogen) atoms. The van der Waals surface area contributed by atoms with Gasteiger partial charge in [0.2, 0.25) is 0 Å². The molecule has 6 aromatic carbocycles. The Labute approximate surface area is 382 Å². The number of aldehydes is 1. The van der Waals surface area contributed by atoms with Crippen LogP contribution in [0.5, 0.6) is 0 Å². The fourth-order valence-electron chi connectivity index (χ4n) is 9.23. The van der Waals surface area contributed by atoms with E-state index >= 15 is 0 Å². The van der Waals surface area contributed by atoms with E-state index in [1.807, 2.05) is 29.6 Å². The number of carbonyl (C=O) groups excluding carboxylic acids is 1. The van der Waals surface area contributed by atoms with Gasteiger partial charge in [0.1, 0.15) is 6.29 Å². The fourth-order valence-corrected chi connectivity index (χ4v) is 12.7. The standard InChI is InChI=1S/C55H59N3OS3/c1-4-7-10-15-30-56-44-18-13-14-19-50(44)60-52-34-40(21-26-46(52)56)42-23-28-48-54(36-42)62-55-37-43(24-29-49(55)58(48)32-17-12-9-6-3)41-22-27-47-53(35-41)61-51-33-39(38-59)20-25-45(51)57(47)31-16-11-8-5-2/h13-14,18-29,33-38H,4-12,15-17,30-32H2,1-3H3. The molecule has 318 valence electrons. The van der Waals surface area contributed by atoms with E-state index in [2.05, 4.69) is 145 Å². The average molecular weight is 874 g/mol. The second-order valence-electron chi connectivity index (χ2n) is 17.0. The predicted molar refractivity (Wildman–Crippen MR) is 268 cm³/mol. The molecule has 3 heterocycles. The van der Waals surface area contributed by atoms with Gasteiger partial charge in [-0.05, 0) is 120 Å². The molecule has 0 saturated heterocycles. The van der Waals surface area contributed by atoms with E-state index in [-0.39, 0.29) is 0 Å². The van der Waals surface area contributed by atoms with Gasteiger partial charge in [0.25, 0.3) is 0 Å². The lowest BCUT2D eigenvalue weighted by Gasteiger charge is -2.34. The highest BCUT2D eigenvalue weighted by atomic mass is 32.2. The summed E-state index contributed by atoms with van der Waals surface area (Å²) in [6, 6.07) is 43.5. The molecule has 0 radical (unpaired) electrons. The molecule has 7 heteroatoms. The summed E-state index contributed by atoms with van der Waals surface area (Å²) >= 11 is 5.62. The minimum Gasteiger partial charge on any atom is -0.340 e. The molecule has 0 unspecified atom stereocenters. The van der Waals surface area contributed by atoms with E-state index < -0.39 is 0 Å². The number of anilines is 6. The highest BCUT2D eigenvalue weighted by molar-refractivity contribution is 8.00. The molecule has 0 aromatic heterocycles. The van der Waals surface area contributed by atoms with Crippen molar-refractivity contribution in [1.82, 2.24) is 0 Å². The number of hydrogen-bond acceptors (Lipinski definition) is 7. The molecule has 0 spiro atoms. The van der Waals surface area contributed by atoms with Crippen molar-refractivity contribution in [3.63, 3.8) is 0 Å². The SMILES string of the molecule is CCCCCCN1c2ccccc2Sc2cc(-c3ccc4c(c3)Sc3cc(-c5ccc6c(c5)Sc5cc(C=O)ccc5N6CCCCCC)ccc3N4CCCCCC)ccc21. The number of benzene rings is 6. The fraction of sp³-hybridized carbons (Fsp3) is 0.327. The molecular formula is C55H59N3OS3. The first-order valence-electron chi connectivity index (χ1n) is 23.2. The van der Waals surface area contributed by atoms with Crippen LogP contribution in [0, 0.1) is 0 Å². The molecule has 6 aromatic rings. The monoisotopic (exact) mass is 873 g/mol. The lowest BCUT2D eigenvalue weighted by Crippen LogP contribution is -2.22. The Morgan fingerprint density at radius 2 is 0.710 bits per heavy atom. The van der Waals surface area contributed by atoms with Crippen molar-refractivity contribution in [1.29, 1.82) is 0 Å². The van der Waals surface area contributed by atoms with Crippen LogP contribution in [0.4, 0.5) is 34.1 Å². The summed E-state index contributed by atoms with van der Waals surface area (Å²) in [5, 5.41) is 0. The number of rotatable bonds is 18. The van der Waals surface area contributed by atoms with Gasteiger partial charge in [0.05, 0.1) is 34.1 Å². The van der Waals surface area contributed by atoms with Crippen molar-refractivity contribution in [2.75, 3.05) is 34.3 Å². The maximum absolute atomic E-state index is 11.8. The number of nitrogens with zero attached hydrogens (tertiary/aromatic N) is 3. The molecule has 3 aliphatic rings. The highest BCUT2D eigenvalue weighted by Crippen LogP contribution is 2.54. The molecule has 0 atom stereocenters. The summed E-state index contributed by atoms with van der Waals surface area (Å²) in [4.78, 5) is 27.1. The van der Waals surface area contributed by atoms with Crippen LogP contribution in [0.25, 0.3) is 22.3 Å². The minimum atomic E-state index is 0.729. The normalized spacial score (nSPS) is 13.5. The number of fused-ring (bicyclic) bond motifs is 6. The smallest absolute Gasteiger partial charge is 0.150 e. The van der Waals surface area contributed by atoms with Gasteiger partial charge in [0.15, 0.2) is 0 Å². The summed E-state index contributed by atoms with van der Waals surface area (Å²) in [6.45, 7) is 9.87. The van der Waals surface area contributed by atoms with Gasteiger partial charge in [-0.15, -0.1) is 0 Å². The number of unbranched alkanes of at least 4 members (excludes halogenated alkanes) is 9. The Hall–Kier alpha value is -4.56. The van der Waals surface area contributed by atoms with E-state index in [0.29, 0.717) is 0 Å². The van der Waals surface area contributed by atoms with E-state index in [1.165, 1.54) is 151 Å². The van der Waals surface area contributed by atoms with Crippen molar-refractivity contribution in [3.05, 3.63) is 121 Å². The van der Waals surface area contributed by atoms with Crippen LogP contribution in [0.2, 0.25) is 0 Å². The third kappa shape index (κ3) is 8.96. The summed E-state index contributed by atoms with van der Waals surface area (Å²) in [5.41, 5.74) is 13.5. The summed E-state index contributed by atoms with van der Waals surface area (Å²) in [7, 11) is 0. The largest absolute Gasteiger partial charge is 0.340 e. The summed E-state index contributed by atoms with van der Waals surface area (Å²) in [5.74, 6) is 0. The number of carbonyl (C=O) groups is 1. The summed E-state index contributed by atoms with van der Waals surface area (Å²) in [6.07, 6.45) is 15.7. The van der Waals surface area contributed by atoms with E-state index in [0.717, 1.165) is 42.8 Å². The second-order valence-corrected chi connectivity index (χ2v) is 20.2. The van der Waals surface area contributed by atoms with Gasteiger partial charge in [-0.2, -0.15) is 0 Å². The van der Waals surface area contributed by atoms with Crippen LogP contribution in [-0.2, 0) is 0 Å². The molecule has 4 nitrogen and oxygen atoms in total. The van der Waals surface area contributed by atoms with E-state index in [1.54, 1.807) is 11.8 Å². The third-order valence-corrected chi connectivity index (χ3v) is 15.9. The van der Waals surface area contributed by atoms with Crippen LogP contribution in [0.3, 0.4) is 0 Å². The number of hydrogen-bond donors (Lipinski definition) is 0. The van der Waals surface area contributed by atoms with Crippen LogP contribution < -0.4 is 14.7 Å². The van der Waals surface area contributed by atoms with E-state index in [9.17, 15) is 4.79 Å². The average Bonchev–Trinajstić information content (AvgIpc) is 3.31. The molecule has 0 amide bonds. The molecule has 0 fully saturated rings. The predicted octanol–water partition coefficient (Wildman–Crippen LogP) is 17.4. The molecule has 0 saturated carbocycles. The van der Waals surface area contributed by atoms with Crippen LogP contribution in [-0.4, -0.2) is 25.9 Å². The molecule has 9 rings (SSSR count). The Morgan fingerprint density at radius 1 is 0.371 bits per heavy atom. The van der Waals surface area contributed by atoms with E-state index in [4.69, 9.17) is 0 Å². The Kier molecular flexibility index (Phi) is 13.7. The number of para-hydroxylation sites is 1. The van der Waals surface area contributed by atoms with Crippen LogP contribution in [0.1, 0.15) is 108 Å². The molecule has 0 N–H and O–H groups in total. The molecular weight excluding hydrogens is 815 g/mol. The Bertz CT molecular complexity index is 2550. The second kappa shape index (κ2) is 19.9. The Morgan fingerprint density at radius 3 is 1.10 bits per heavy atom. The van der Waals surface area contributed by atoms with Crippen molar-refractivity contribution in [3.8, 4) is 22.3 Å². The third-order valence-electron chi connectivity index (χ3n) is 12.6. The topological polar surface area (TPSA) is 26.8 Å². The van der Waals surface area contributed by atoms with Gasteiger partial charge in [-0.1, -0.05) is 150 Å². The van der Waals surface area contributed by atoms with Crippen LogP contribution >= 0.6 is 35.3 Å².